The van der Waals surface area contributed by atoms with Crippen LogP contribution >= 0.6 is 0 Å². The van der Waals surface area contributed by atoms with Gasteiger partial charge in [-0.25, -0.2) is 0 Å². The molecule has 0 unspecified atom stereocenters. The zero-order chi connectivity index (χ0) is 70.2. The second kappa shape index (κ2) is 22.6. The van der Waals surface area contributed by atoms with Crippen molar-refractivity contribution in [3.63, 3.8) is 0 Å². The van der Waals surface area contributed by atoms with Crippen molar-refractivity contribution in [1.29, 1.82) is 0 Å². The predicted molar refractivity (Wildman–Crippen MR) is 431 cm³/mol. The summed E-state index contributed by atoms with van der Waals surface area (Å²) in [5.74, 6) is 0. The van der Waals surface area contributed by atoms with E-state index in [-0.39, 0.29) is 44.6 Å². The maximum atomic E-state index is 2.63. The number of fused-ring (bicyclic) bond motifs is 10. The lowest BCUT2D eigenvalue weighted by atomic mass is 9.33. The molecule has 0 amide bonds. The molecule has 11 aromatic carbocycles. The highest BCUT2D eigenvalue weighted by atomic mass is 15.2. The van der Waals surface area contributed by atoms with Crippen LogP contribution in [0.2, 0.25) is 0 Å². The average molecular weight is 1300 g/mol. The van der Waals surface area contributed by atoms with Crippen molar-refractivity contribution in [3.05, 3.63) is 257 Å². The fraction of sp³-hybridized carbons (Fsp3) is 0.298. The van der Waals surface area contributed by atoms with E-state index < -0.39 is 0 Å². The molecule has 99 heavy (non-hydrogen) atoms. The molecule has 0 radical (unpaired) electrons. The van der Waals surface area contributed by atoms with E-state index in [1.807, 2.05) is 0 Å². The Bertz CT molecular complexity index is 4900. The van der Waals surface area contributed by atoms with Crippen LogP contribution in [0.1, 0.15) is 184 Å². The highest BCUT2D eigenvalue weighted by Crippen LogP contribution is 2.50. The zero-order valence-electron chi connectivity index (χ0n) is 62.7. The first-order valence-corrected chi connectivity index (χ1v) is 36.2. The van der Waals surface area contributed by atoms with E-state index in [9.17, 15) is 0 Å². The normalized spacial score (nSPS) is 13.8. The minimum atomic E-state index is -0.230. The topological polar surface area (TPSA) is 16.3 Å². The van der Waals surface area contributed by atoms with Gasteiger partial charge in [0.25, 0.3) is 6.71 Å². The quantitative estimate of drug-likeness (QED) is 0.154. The van der Waals surface area contributed by atoms with Gasteiger partial charge in [0, 0.05) is 67.0 Å². The van der Waals surface area contributed by atoms with Gasteiger partial charge in [-0.3, -0.25) is 0 Å². The molecule has 13 aromatic rings. The summed E-state index contributed by atoms with van der Waals surface area (Å²) in [4.78, 5) is 5.26. The zero-order valence-corrected chi connectivity index (χ0v) is 62.7. The van der Waals surface area contributed by atoms with Crippen molar-refractivity contribution in [1.82, 2.24) is 9.13 Å². The van der Waals surface area contributed by atoms with Gasteiger partial charge >= 0.3 is 0 Å². The van der Waals surface area contributed by atoms with Gasteiger partial charge in [0.15, 0.2) is 0 Å². The second-order valence-corrected chi connectivity index (χ2v) is 36.1. The number of hydrogen-bond acceptors (Lipinski definition) is 2. The molecule has 4 heterocycles. The average Bonchev–Trinajstić information content (AvgIpc) is 0.772. The Balaban J connectivity index is 1.03. The molecule has 4 nitrogen and oxygen atoms in total. The van der Waals surface area contributed by atoms with Gasteiger partial charge in [-0.15, -0.1) is 0 Å². The molecule has 2 aromatic heterocycles. The summed E-state index contributed by atoms with van der Waals surface area (Å²) in [6, 6.07) is 86.1. The van der Waals surface area contributed by atoms with Crippen molar-refractivity contribution in [3.8, 4) is 33.6 Å². The van der Waals surface area contributed by atoms with Crippen LogP contribution in [-0.2, 0) is 37.9 Å². The van der Waals surface area contributed by atoms with Crippen molar-refractivity contribution in [2.24, 2.45) is 0 Å². The summed E-state index contributed by atoms with van der Waals surface area (Å²) >= 11 is 0. The highest BCUT2D eigenvalue weighted by Gasteiger charge is 2.45. The maximum Gasteiger partial charge on any atom is 0.252 e. The van der Waals surface area contributed by atoms with E-state index in [1.165, 1.54) is 144 Å². The van der Waals surface area contributed by atoms with E-state index >= 15 is 0 Å². The Labute approximate surface area is 590 Å². The van der Waals surface area contributed by atoms with E-state index in [2.05, 4.69) is 383 Å². The lowest BCUT2D eigenvalue weighted by molar-refractivity contribution is 0.590. The third kappa shape index (κ3) is 11.3. The van der Waals surface area contributed by atoms with Gasteiger partial charge in [0.05, 0.1) is 22.1 Å². The third-order valence-corrected chi connectivity index (χ3v) is 21.8. The summed E-state index contributed by atoms with van der Waals surface area (Å²) in [6.45, 7) is 48.8. The number of benzene rings is 11. The molecule has 0 aliphatic carbocycles. The van der Waals surface area contributed by atoms with Gasteiger partial charge in [0.1, 0.15) is 0 Å². The van der Waals surface area contributed by atoms with Crippen LogP contribution in [-0.4, -0.2) is 15.8 Å². The first-order chi connectivity index (χ1) is 46.5. The molecule has 5 heteroatoms. The van der Waals surface area contributed by atoms with E-state index in [4.69, 9.17) is 0 Å². The standard InChI is InChI=1S/C94H99BN4/c1-88(2,3)62-30-22-58(23-31-62)60-26-38-69(39-27-60)96-83-56-71(98-79-50-64(90(7,8)9)34-44-73(79)74-45-35-65(51-80(74)98)91(10,11)12)42-48-77(83)95-78-49-43-72(99-81-52-66(92(13,14)15)36-46-75(81)76-47-37-67(53-82(76)99)93(16,17)18)57-84(78)97(86-55-68(94(19,20)21)54-85(96)87(86)95)70-40-28-61(29-41-70)59-24-32-63(33-25-59)89(4,5)6/h22-57H,1-21H3. The number of anilines is 6. The fourth-order valence-electron chi connectivity index (χ4n) is 15.6. The summed E-state index contributed by atoms with van der Waals surface area (Å²) in [5, 5.41) is 5.06. The maximum absolute atomic E-state index is 2.63. The first kappa shape index (κ1) is 65.6. The molecule has 2 aliphatic rings. The number of nitrogens with zero attached hydrogens (tertiary/aromatic N) is 4. The molecule has 0 saturated heterocycles. The van der Waals surface area contributed by atoms with Gasteiger partial charge in [-0.2, -0.15) is 0 Å². The smallest absolute Gasteiger partial charge is 0.252 e. The number of rotatable bonds is 6. The van der Waals surface area contributed by atoms with Crippen molar-refractivity contribution in [2.75, 3.05) is 9.80 Å². The Hall–Kier alpha value is -9.32. The number of aromatic nitrogens is 2. The molecule has 0 spiro atoms. The summed E-state index contributed by atoms with van der Waals surface area (Å²) in [5.41, 5.74) is 31.7. The summed E-state index contributed by atoms with van der Waals surface area (Å²) in [6.07, 6.45) is 0. The molecular formula is C94H99BN4. The van der Waals surface area contributed by atoms with E-state index in [0.29, 0.717) is 0 Å². The Morgan fingerprint density at radius 1 is 0.212 bits per heavy atom. The summed E-state index contributed by atoms with van der Waals surface area (Å²) in [7, 11) is 0. The van der Waals surface area contributed by atoms with Crippen LogP contribution in [0.4, 0.5) is 34.1 Å². The molecule has 0 bridgehead atoms. The molecule has 0 fully saturated rings. The third-order valence-electron chi connectivity index (χ3n) is 21.8. The molecule has 0 N–H and O–H groups in total. The van der Waals surface area contributed by atoms with Crippen LogP contribution < -0.4 is 26.2 Å². The van der Waals surface area contributed by atoms with Crippen LogP contribution in [0.15, 0.2) is 218 Å². The van der Waals surface area contributed by atoms with E-state index in [1.54, 1.807) is 0 Å². The van der Waals surface area contributed by atoms with Crippen molar-refractivity contribution in [2.45, 2.75) is 183 Å². The SMILES string of the molecule is CC(C)(C)c1ccc(-c2ccc(N3c4cc(-n5c6cc(C(C)(C)C)ccc6c6ccc(C(C)(C)C)cc65)ccc4B4c5ccc(-n6c7cc(C(C)(C)C)ccc7c7ccc(C(C)(C)C)cc76)cc5N(c5ccc(-c6ccc(C(C)(C)C)cc6)cc5)c5cc(C(C)(C)C)cc3c54)cc2)cc1. The van der Waals surface area contributed by atoms with Gasteiger partial charge in [0.2, 0.25) is 0 Å². The Kier molecular flexibility index (Phi) is 15.0. The van der Waals surface area contributed by atoms with Crippen LogP contribution in [0.25, 0.3) is 77.2 Å². The molecule has 0 atom stereocenters. The van der Waals surface area contributed by atoms with Crippen molar-refractivity contribution < 1.29 is 0 Å². The lowest BCUT2D eigenvalue weighted by Crippen LogP contribution is -2.61. The first-order valence-electron chi connectivity index (χ1n) is 36.2. The van der Waals surface area contributed by atoms with Crippen LogP contribution in [0.5, 0.6) is 0 Å². The minimum absolute atomic E-state index is 0.0551. The fourth-order valence-corrected chi connectivity index (χ4v) is 15.6. The molecule has 2 aliphatic heterocycles. The lowest BCUT2D eigenvalue weighted by Gasteiger charge is -2.45. The van der Waals surface area contributed by atoms with Crippen molar-refractivity contribution >= 4 is 101 Å². The van der Waals surface area contributed by atoms with Crippen LogP contribution in [0.3, 0.4) is 0 Å². The largest absolute Gasteiger partial charge is 0.311 e. The Morgan fingerprint density at radius 3 is 0.717 bits per heavy atom. The van der Waals surface area contributed by atoms with Crippen LogP contribution in [0, 0.1) is 0 Å². The minimum Gasteiger partial charge on any atom is -0.311 e. The molecular weight excluding hydrogens is 1200 g/mol. The molecule has 0 saturated carbocycles. The van der Waals surface area contributed by atoms with E-state index in [0.717, 1.165) is 22.7 Å². The summed E-state index contributed by atoms with van der Waals surface area (Å²) < 4.78 is 5.16. The predicted octanol–water partition coefficient (Wildman–Crippen LogP) is 24.4. The number of hydrogen-bond donors (Lipinski definition) is 0. The molecule has 498 valence electrons. The molecule has 15 rings (SSSR count). The highest BCUT2D eigenvalue weighted by molar-refractivity contribution is 7.00. The van der Waals surface area contributed by atoms with Gasteiger partial charge < -0.3 is 18.9 Å². The second-order valence-electron chi connectivity index (χ2n) is 36.1. The van der Waals surface area contributed by atoms with Gasteiger partial charge in [-0.05, 0) is 200 Å². The monoisotopic (exact) mass is 1290 g/mol. The van der Waals surface area contributed by atoms with Gasteiger partial charge in [-0.1, -0.05) is 279 Å². The Morgan fingerprint density at radius 2 is 0.455 bits per heavy atom.